The van der Waals surface area contributed by atoms with Crippen LogP contribution >= 0.6 is 12.4 Å². The Morgan fingerprint density at radius 1 is 1.13 bits per heavy atom. The molecule has 1 aliphatic carbocycles. The minimum Gasteiger partial charge on any atom is -0.389 e. The Labute approximate surface area is 183 Å². The van der Waals surface area contributed by atoms with Crippen molar-refractivity contribution < 1.29 is 14.3 Å². The summed E-state index contributed by atoms with van der Waals surface area (Å²) in [4.78, 5) is 15.7. The van der Waals surface area contributed by atoms with Crippen molar-refractivity contribution in [1.82, 2.24) is 5.32 Å². The molecule has 2 aromatic carbocycles. The number of fused-ring (bicyclic) bond motifs is 2. The molecule has 0 saturated heterocycles. The lowest BCUT2D eigenvalue weighted by atomic mass is 9.70. The van der Waals surface area contributed by atoms with E-state index in [9.17, 15) is 14.3 Å². The Balaban J connectivity index is 0.00000256. The predicted molar refractivity (Wildman–Crippen MR) is 120 cm³/mol. The Morgan fingerprint density at radius 2 is 1.83 bits per heavy atom. The number of aliphatic hydroxyl groups is 1. The number of rotatable bonds is 6. The van der Waals surface area contributed by atoms with Gasteiger partial charge in [-0.3, -0.25) is 4.79 Å². The molecule has 1 saturated carbocycles. The topological polar surface area (TPSA) is 52.6 Å². The van der Waals surface area contributed by atoms with Gasteiger partial charge >= 0.3 is 0 Å². The first kappa shape index (κ1) is 22.7. The number of hydrogen-bond acceptors (Lipinski definition) is 3. The van der Waals surface area contributed by atoms with Gasteiger partial charge < -0.3 is 15.3 Å². The fraction of sp³-hybridized carbons (Fsp3) is 0.458. The van der Waals surface area contributed by atoms with E-state index in [1.807, 2.05) is 37.3 Å². The Morgan fingerprint density at radius 3 is 2.50 bits per heavy atom. The summed E-state index contributed by atoms with van der Waals surface area (Å²) < 4.78 is 14.2. The molecule has 0 aromatic heterocycles. The summed E-state index contributed by atoms with van der Waals surface area (Å²) in [6.45, 7) is 3.10. The molecule has 1 aliphatic heterocycles. The molecule has 2 N–H and O–H groups in total. The van der Waals surface area contributed by atoms with Crippen LogP contribution in [0, 0.1) is 5.82 Å². The number of nitrogens with one attached hydrogen (secondary N) is 1. The number of carbonyl (C=O) groups excluding carboxylic acids is 1. The highest BCUT2D eigenvalue weighted by Crippen LogP contribution is 2.52. The Kier molecular flexibility index (Phi) is 7.17. The maximum absolute atomic E-state index is 14.2. The molecule has 1 amide bonds. The predicted octanol–water partition coefficient (Wildman–Crippen LogP) is 4.51. The summed E-state index contributed by atoms with van der Waals surface area (Å²) in [7, 11) is 0. The van der Waals surface area contributed by atoms with Crippen LogP contribution in [-0.2, 0) is 10.2 Å². The summed E-state index contributed by atoms with van der Waals surface area (Å²) in [6, 6.07) is 13.8. The zero-order chi connectivity index (χ0) is 20.4. The third-order valence-corrected chi connectivity index (χ3v) is 6.46. The lowest BCUT2D eigenvalue weighted by Gasteiger charge is -2.36. The van der Waals surface area contributed by atoms with Crippen molar-refractivity contribution in [3.05, 3.63) is 65.5 Å². The van der Waals surface area contributed by atoms with Crippen molar-refractivity contribution in [2.75, 3.05) is 18.0 Å². The molecule has 162 valence electrons. The highest BCUT2D eigenvalue weighted by Gasteiger charge is 2.53. The van der Waals surface area contributed by atoms with Gasteiger partial charge in [-0.15, -0.1) is 12.4 Å². The van der Waals surface area contributed by atoms with Crippen molar-refractivity contribution >= 4 is 24.0 Å². The second kappa shape index (κ2) is 9.46. The van der Waals surface area contributed by atoms with Gasteiger partial charge in [0.1, 0.15) is 5.82 Å². The molecule has 1 heterocycles. The molecule has 2 aliphatic rings. The van der Waals surface area contributed by atoms with Gasteiger partial charge in [0.25, 0.3) is 0 Å². The highest BCUT2D eigenvalue weighted by molar-refractivity contribution is 6.08. The largest absolute Gasteiger partial charge is 0.389 e. The summed E-state index contributed by atoms with van der Waals surface area (Å²) in [5.41, 5.74) is 1.75. The summed E-state index contributed by atoms with van der Waals surface area (Å²) >= 11 is 0. The van der Waals surface area contributed by atoms with Crippen LogP contribution < -0.4 is 10.2 Å². The highest BCUT2D eigenvalue weighted by atomic mass is 35.5. The van der Waals surface area contributed by atoms with Gasteiger partial charge in [-0.2, -0.15) is 0 Å². The Hall–Kier alpha value is -1.95. The smallest absolute Gasteiger partial charge is 0.238 e. The first-order chi connectivity index (χ1) is 14.1. The van der Waals surface area contributed by atoms with Gasteiger partial charge in [-0.1, -0.05) is 56.5 Å². The van der Waals surface area contributed by atoms with Crippen LogP contribution in [0.2, 0.25) is 0 Å². The molecular formula is C24H30ClFN2O2. The fourth-order valence-corrected chi connectivity index (χ4v) is 5.07. The average molecular weight is 433 g/mol. The maximum Gasteiger partial charge on any atom is 0.238 e. The number of aliphatic hydroxyl groups excluding tert-OH is 1. The van der Waals surface area contributed by atoms with Gasteiger partial charge in [0.15, 0.2) is 0 Å². The number of likely N-dealkylation sites (N-methyl/N-ethyl adjacent to an activating group) is 1. The van der Waals surface area contributed by atoms with Crippen LogP contribution in [0.5, 0.6) is 0 Å². The van der Waals surface area contributed by atoms with Crippen molar-refractivity contribution in [1.29, 1.82) is 0 Å². The maximum atomic E-state index is 14.2. The van der Waals surface area contributed by atoms with Gasteiger partial charge in [-0.05, 0) is 48.7 Å². The molecule has 1 fully saturated rings. The minimum atomic E-state index is -0.780. The van der Waals surface area contributed by atoms with E-state index >= 15 is 0 Å². The lowest BCUT2D eigenvalue weighted by Crippen LogP contribution is -2.48. The monoisotopic (exact) mass is 432 g/mol. The third-order valence-electron chi connectivity index (χ3n) is 6.46. The van der Waals surface area contributed by atoms with E-state index in [2.05, 4.69) is 5.32 Å². The number of benzene rings is 2. The molecule has 0 bridgehead atoms. The number of anilines is 1. The van der Waals surface area contributed by atoms with E-state index in [4.69, 9.17) is 0 Å². The average Bonchev–Trinajstić information content (AvgIpc) is 2.96. The fourth-order valence-electron chi connectivity index (χ4n) is 5.07. The molecule has 30 heavy (non-hydrogen) atoms. The van der Waals surface area contributed by atoms with Crippen molar-refractivity contribution in [3.8, 4) is 0 Å². The first-order valence-corrected chi connectivity index (χ1v) is 10.7. The van der Waals surface area contributed by atoms with Gasteiger partial charge in [0.2, 0.25) is 5.91 Å². The molecule has 4 rings (SSSR count). The number of hydrogen-bond donors (Lipinski definition) is 2. The first-order valence-electron chi connectivity index (χ1n) is 10.7. The lowest BCUT2D eigenvalue weighted by molar-refractivity contribution is -0.125. The standard InChI is InChI=1S/C24H29FN2O2.ClH/c1-2-26-16-21(28)22(17-9-5-3-6-10-17)27-20-12-11-18(25)15-19(20)24(23(27)29)13-7-4-8-14-24;/h3,5-6,9-12,15,21-22,26,28H,2,4,7-8,13-14,16H2,1H3;1H/t21-,22+;/m1./s1. The molecule has 2 aromatic rings. The quantitative estimate of drug-likeness (QED) is 0.706. The van der Waals surface area contributed by atoms with Crippen LogP contribution in [0.1, 0.15) is 56.2 Å². The zero-order valence-electron chi connectivity index (χ0n) is 17.3. The van der Waals surface area contributed by atoms with Gasteiger partial charge in [0, 0.05) is 12.2 Å². The molecule has 6 heteroatoms. The number of amides is 1. The summed E-state index contributed by atoms with van der Waals surface area (Å²) in [5, 5.41) is 14.3. The van der Waals surface area contributed by atoms with Crippen molar-refractivity contribution in [2.24, 2.45) is 0 Å². The van der Waals surface area contributed by atoms with E-state index in [-0.39, 0.29) is 24.1 Å². The van der Waals surface area contributed by atoms with Crippen molar-refractivity contribution in [3.63, 3.8) is 0 Å². The summed E-state index contributed by atoms with van der Waals surface area (Å²) in [6.07, 6.45) is 3.73. The van der Waals surface area contributed by atoms with Crippen LogP contribution in [-0.4, -0.2) is 30.2 Å². The van der Waals surface area contributed by atoms with Crippen LogP contribution in [0.25, 0.3) is 0 Å². The van der Waals surface area contributed by atoms with Crippen LogP contribution in [0.15, 0.2) is 48.5 Å². The molecule has 1 spiro atoms. The number of halogens is 2. The normalized spacial score (nSPS) is 19.3. The minimum absolute atomic E-state index is 0. The van der Waals surface area contributed by atoms with Crippen LogP contribution in [0.4, 0.5) is 10.1 Å². The second-order valence-electron chi connectivity index (χ2n) is 8.21. The molecule has 4 nitrogen and oxygen atoms in total. The van der Waals surface area contributed by atoms with E-state index < -0.39 is 17.6 Å². The Bertz CT molecular complexity index is 871. The second-order valence-corrected chi connectivity index (χ2v) is 8.21. The molecule has 0 unspecified atom stereocenters. The van der Waals surface area contributed by atoms with Gasteiger partial charge in [0.05, 0.1) is 17.6 Å². The number of carbonyl (C=O) groups is 1. The van der Waals surface area contributed by atoms with E-state index in [1.54, 1.807) is 11.0 Å². The molecule has 0 radical (unpaired) electrons. The zero-order valence-corrected chi connectivity index (χ0v) is 18.1. The molecule has 2 atom stereocenters. The molecular weight excluding hydrogens is 403 g/mol. The van der Waals surface area contributed by atoms with E-state index in [1.165, 1.54) is 12.1 Å². The van der Waals surface area contributed by atoms with E-state index in [0.29, 0.717) is 6.54 Å². The SMILES string of the molecule is CCNC[C@@H](O)[C@H](c1ccccc1)N1C(=O)C2(CCCCC2)c2cc(F)ccc21.Cl. The summed E-state index contributed by atoms with van der Waals surface area (Å²) in [5.74, 6) is -0.310. The number of nitrogens with zero attached hydrogens (tertiary/aromatic N) is 1. The van der Waals surface area contributed by atoms with E-state index in [0.717, 1.165) is 55.5 Å². The van der Waals surface area contributed by atoms with Gasteiger partial charge in [-0.25, -0.2) is 4.39 Å². The third kappa shape index (κ3) is 3.86. The van der Waals surface area contributed by atoms with Crippen LogP contribution in [0.3, 0.4) is 0 Å². The van der Waals surface area contributed by atoms with Crippen molar-refractivity contribution in [2.45, 2.75) is 56.6 Å².